The number of carbonyl (C=O) groups is 1. The van der Waals surface area contributed by atoms with Crippen LogP contribution in [-0.4, -0.2) is 44.5 Å². The number of anilines is 1. The van der Waals surface area contributed by atoms with Crippen molar-refractivity contribution in [2.75, 3.05) is 19.5 Å². The third kappa shape index (κ3) is 4.21. The molecule has 2 heterocycles. The quantitative estimate of drug-likeness (QED) is 0.467. The highest BCUT2D eigenvalue weighted by Gasteiger charge is 2.18. The summed E-state index contributed by atoms with van der Waals surface area (Å²) in [5.74, 6) is 1.22. The normalized spacial score (nSPS) is 10.7. The molecule has 4 rings (SSSR count). The molecule has 0 fully saturated rings. The van der Waals surface area contributed by atoms with E-state index in [1.54, 1.807) is 55.3 Å². The van der Waals surface area contributed by atoms with Crippen LogP contribution in [0.1, 0.15) is 16.1 Å². The number of aromatic nitrogens is 5. The second-order valence-electron chi connectivity index (χ2n) is 6.36. The van der Waals surface area contributed by atoms with E-state index >= 15 is 0 Å². The Kier molecular flexibility index (Phi) is 5.83. The Morgan fingerprint density at radius 1 is 1.16 bits per heavy atom. The van der Waals surface area contributed by atoms with E-state index in [4.69, 9.17) is 21.1 Å². The number of nitrogens with zero attached hydrogens (tertiary/aromatic N) is 5. The molecule has 0 aliphatic rings. The lowest BCUT2D eigenvalue weighted by Gasteiger charge is -2.07. The van der Waals surface area contributed by atoms with Crippen LogP contribution in [0, 0.1) is 6.92 Å². The predicted octanol–water partition coefficient (Wildman–Crippen LogP) is 4.02. The number of benzene rings is 2. The summed E-state index contributed by atoms with van der Waals surface area (Å²) < 4.78 is 16.3. The summed E-state index contributed by atoms with van der Waals surface area (Å²) in [6.45, 7) is 1.85. The van der Waals surface area contributed by atoms with E-state index in [9.17, 15) is 4.79 Å². The van der Waals surface area contributed by atoms with Gasteiger partial charge in [-0.1, -0.05) is 22.9 Å². The van der Waals surface area contributed by atoms with Crippen LogP contribution < -0.4 is 14.8 Å². The van der Waals surface area contributed by atoms with Crippen LogP contribution in [0.4, 0.5) is 5.13 Å². The average molecular weight is 457 g/mol. The van der Waals surface area contributed by atoms with Crippen molar-refractivity contribution in [2.45, 2.75) is 6.92 Å². The maximum Gasteiger partial charge on any atom is 0.257 e. The summed E-state index contributed by atoms with van der Waals surface area (Å²) >= 11 is 7.28. The number of nitrogens with one attached hydrogen (secondary N) is 1. The van der Waals surface area contributed by atoms with Gasteiger partial charge >= 0.3 is 0 Å². The van der Waals surface area contributed by atoms with E-state index < -0.39 is 0 Å². The number of rotatable bonds is 6. The molecule has 9 nitrogen and oxygen atoms in total. The van der Waals surface area contributed by atoms with Gasteiger partial charge in [-0.25, -0.2) is 4.68 Å². The third-order valence-electron chi connectivity index (χ3n) is 4.46. The Bertz CT molecular complexity index is 1260. The first-order valence-corrected chi connectivity index (χ1v) is 10.2. The van der Waals surface area contributed by atoms with Crippen molar-refractivity contribution in [1.82, 2.24) is 24.4 Å². The van der Waals surface area contributed by atoms with Crippen molar-refractivity contribution in [1.29, 1.82) is 0 Å². The number of methoxy groups -OCH3 is 2. The van der Waals surface area contributed by atoms with E-state index in [0.29, 0.717) is 38.7 Å². The van der Waals surface area contributed by atoms with Gasteiger partial charge in [-0.15, -0.1) is 5.10 Å². The second-order valence-corrected chi connectivity index (χ2v) is 7.52. The number of amides is 1. The predicted molar refractivity (Wildman–Crippen MR) is 118 cm³/mol. The topological polar surface area (TPSA) is 104 Å². The van der Waals surface area contributed by atoms with Crippen molar-refractivity contribution in [2.24, 2.45) is 0 Å². The minimum Gasteiger partial charge on any atom is -0.497 e. The van der Waals surface area contributed by atoms with Crippen molar-refractivity contribution in [3.63, 3.8) is 0 Å². The largest absolute Gasteiger partial charge is 0.497 e. The zero-order valence-electron chi connectivity index (χ0n) is 16.8. The average Bonchev–Trinajstić information content (AvgIpc) is 3.39. The molecule has 31 heavy (non-hydrogen) atoms. The van der Waals surface area contributed by atoms with Gasteiger partial charge in [0.05, 0.1) is 30.6 Å². The highest BCUT2D eigenvalue weighted by molar-refractivity contribution is 7.10. The smallest absolute Gasteiger partial charge is 0.257 e. The number of hydrogen-bond acceptors (Lipinski definition) is 8. The third-order valence-corrected chi connectivity index (χ3v) is 5.39. The Morgan fingerprint density at radius 3 is 2.74 bits per heavy atom. The molecule has 4 aromatic rings. The van der Waals surface area contributed by atoms with Gasteiger partial charge in [0.15, 0.2) is 11.5 Å². The Balaban J connectivity index is 1.55. The fourth-order valence-corrected chi connectivity index (χ4v) is 3.69. The molecule has 1 N–H and O–H groups in total. The van der Waals surface area contributed by atoms with Gasteiger partial charge in [-0.05, 0) is 43.3 Å². The van der Waals surface area contributed by atoms with Crippen LogP contribution >= 0.6 is 23.1 Å². The molecule has 158 valence electrons. The number of carbonyl (C=O) groups excluding carboxylic acids is 1. The van der Waals surface area contributed by atoms with Gasteiger partial charge in [-0.3, -0.25) is 10.1 Å². The Hall–Kier alpha value is -3.50. The van der Waals surface area contributed by atoms with Crippen molar-refractivity contribution in [3.8, 4) is 28.7 Å². The summed E-state index contributed by atoms with van der Waals surface area (Å²) in [7, 11) is 3.10. The summed E-state index contributed by atoms with van der Waals surface area (Å²) in [4.78, 5) is 16.9. The minimum atomic E-state index is -0.310. The lowest BCUT2D eigenvalue weighted by Crippen LogP contribution is -2.11. The molecule has 0 aliphatic carbocycles. The standard InChI is InChI=1S/C20H17ClN6O3S/c1-11-17(24-26-27(11)13-7-8-16(30-3)15(21)10-13)18-22-20(31-25-18)23-19(28)12-5-4-6-14(9-12)29-2/h4-10H,1-3H3,(H,22,23,25,28). The van der Waals surface area contributed by atoms with Crippen molar-refractivity contribution < 1.29 is 14.3 Å². The van der Waals surface area contributed by atoms with Gasteiger partial charge in [0.25, 0.3) is 5.91 Å². The molecular formula is C20H17ClN6O3S. The summed E-state index contributed by atoms with van der Waals surface area (Å²) in [6.07, 6.45) is 0. The molecule has 0 spiro atoms. The fraction of sp³-hybridized carbons (Fsp3) is 0.150. The van der Waals surface area contributed by atoms with E-state index in [1.165, 1.54) is 0 Å². The van der Waals surface area contributed by atoms with E-state index in [2.05, 4.69) is 25.0 Å². The zero-order chi connectivity index (χ0) is 22.0. The molecule has 2 aromatic carbocycles. The molecule has 0 saturated carbocycles. The first kappa shape index (κ1) is 20.8. The number of halogens is 1. The summed E-state index contributed by atoms with van der Waals surface area (Å²) in [6, 6.07) is 12.2. The van der Waals surface area contributed by atoms with Crippen molar-refractivity contribution in [3.05, 3.63) is 58.7 Å². The fourth-order valence-electron chi connectivity index (χ4n) is 2.87. The van der Waals surface area contributed by atoms with Crippen LogP contribution in [0.15, 0.2) is 42.5 Å². The maximum atomic E-state index is 12.5. The summed E-state index contributed by atoms with van der Waals surface area (Å²) in [5.41, 5.74) is 2.41. The van der Waals surface area contributed by atoms with E-state index in [0.717, 1.165) is 22.9 Å². The minimum absolute atomic E-state index is 0.310. The molecule has 0 radical (unpaired) electrons. The molecule has 0 bridgehead atoms. The number of ether oxygens (including phenoxy) is 2. The van der Waals surface area contributed by atoms with Gasteiger partial charge in [-0.2, -0.15) is 9.36 Å². The monoisotopic (exact) mass is 456 g/mol. The maximum absolute atomic E-state index is 12.5. The zero-order valence-corrected chi connectivity index (χ0v) is 18.4. The van der Waals surface area contributed by atoms with Gasteiger partial charge in [0.2, 0.25) is 5.13 Å². The lowest BCUT2D eigenvalue weighted by atomic mass is 10.2. The Morgan fingerprint density at radius 2 is 2.00 bits per heavy atom. The first-order chi connectivity index (χ1) is 15.0. The molecule has 0 unspecified atom stereocenters. The number of hydrogen-bond donors (Lipinski definition) is 1. The first-order valence-electron chi connectivity index (χ1n) is 9.06. The van der Waals surface area contributed by atoms with Crippen LogP contribution in [0.2, 0.25) is 5.02 Å². The van der Waals surface area contributed by atoms with Gasteiger partial charge in [0.1, 0.15) is 11.5 Å². The highest BCUT2D eigenvalue weighted by Crippen LogP contribution is 2.29. The molecule has 1 amide bonds. The SMILES string of the molecule is COc1cccc(C(=O)Nc2nc(-c3nnn(-c4ccc(OC)c(Cl)c4)c3C)ns2)c1. The van der Waals surface area contributed by atoms with Crippen LogP contribution in [0.25, 0.3) is 17.2 Å². The van der Waals surface area contributed by atoms with Crippen LogP contribution in [-0.2, 0) is 0 Å². The van der Waals surface area contributed by atoms with Crippen LogP contribution in [0.3, 0.4) is 0 Å². The molecule has 0 atom stereocenters. The van der Waals surface area contributed by atoms with E-state index in [-0.39, 0.29) is 5.91 Å². The molecule has 2 aromatic heterocycles. The van der Waals surface area contributed by atoms with Gasteiger partial charge < -0.3 is 9.47 Å². The Labute approximate surface area is 186 Å². The molecule has 11 heteroatoms. The van der Waals surface area contributed by atoms with Crippen molar-refractivity contribution >= 4 is 34.2 Å². The van der Waals surface area contributed by atoms with Gasteiger partial charge in [0, 0.05) is 17.1 Å². The second kappa shape index (κ2) is 8.70. The molecule has 0 aliphatic heterocycles. The summed E-state index contributed by atoms with van der Waals surface area (Å²) in [5, 5.41) is 11.9. The molecular weight excluding hydrogens is 440 g/mol. The van der Waals surface area contributed by atoms with E-state index in [1.807, 2.05) is 13.0 Å². The van der Waals surface area contributed by atoms with Crippen LogP contribution in [0.5, 0.6) is 11.5 Å². The molecule has 0 saturated heterocycles. The lowest BCUT2D eigenvalue weighted by molar-refractivity contribution is 0.102. The highest BCUT2D eigenvalue weighted by atomic mass is 35.5.